The van der Waals surface area contributed by atoms with Crippen LogP contribution in [-0.4, -0.2) is 37.1 Å². The van der Waals surface area contributed by atoms with Crippen molar-refractivity contribution in [2.75, 3.05) is 18.0 Å². The molecule has 3 heterocycles. The zero-order valence-corrected chi connectivity index (χ0v) is 16.9. The molecule has 0 aromatic heterocycles. The molecule has 0 radical (unpaired) electrons. The molecule has 2 N–H and O–H groups in total. The van der Waals surface area contributed by atoms with Crippen LogP contribution >= 0.6 is 24.8 Å². The van der Waals surface area contributed by atoms with Gasteiger partial charge in [-0.2, -0.15) is 0 Å². The first kappa shape index (κ1) is 21.3. The van der Waals surface area contributed by atoms with Crippen molar-refractivity contribution >= 4 is 36.4 Å². The summed E-state index contributed by atoms with van der Waals surface area (Å²) in [5.74, 6) is 0.868. The number of hydrogen-bond acceptors (Lipinski definition) is 3. The van der Waals surface area contributed by atoms with E-state index in [2.05, 4.69) is 45.9 Å². The molecule has 4 rings (SSSR count). The van der Waals surface area contributed by atoms with E-state index in [1.54, 1.807) is 0 Å². The number of anilines is 1. The van der Waals surface area contributed by atoms with Gasteiger partial charge in [0.15, 0.2) is 0 Å². The first-order valence-corrected chi connectivity index (χ1v) is 9.61. The van der Waals surface area contributed by atoms with Crippen LogP contribution in [0.5, 0.6) is 0 Å². The van der Waals surface area contributed by atoms with Crippen molar-refractivity contribution in [1.82, 2.24) is 10.6 Å². The van der Waals surface area contributed by atoms with E-state index in [-0.39, 0.29) is 30.7 Å². The molecular formula is C20H31Cl2N3O. The van der Waals surface area contributed by atoms with Crippen LogP contribution in [0.3, 0.4) is 0 Å². The fourth-order valence-corrected chi connectivity index (χ4v) is 4.81. The normalized spacial score (nSPS) is 28.0. The van der Waals surface area contributed by atoms with Crippen LogP contribution in [0.2, 0.25) is 0 Å². The van der Waals surface area contributed by atoms with Crippen LogP contribution in [0.25, 0.3) is 0 Å². The summed E-state index contributed by atoms with van der Waals surface area (Å²) in [6.45, 7) is 2.07. The van der Waals surface area contributed by atoms with Gasteiger partial charge in [0.1, 0.15) is 0 Å². The first-order chi connectivity index (χ1) is 11.8. The quantitative estimate of drug-likeness (QED) is 0.813. The zero-order valence-electron chi connectivity index (χ0n) is 15.2. The lowest BCUT2D eigenvalue weighted by atomic mass is 9.89. The fraction of sp³-hybridized carbons (Fsp3) is 0.650. The van der Waals surface area contributed by atoms with E-state index < -0.39 is 0 Å². The van der Waals surface area contributed by atoms with Crippen LogP contribution in [0, 0.1) is 5.92 Å². The van der Waals surface area contributed by atoms with Crippen LogP contribution in [0.4, 0.5) is 5.69 Å². The van der Waals surface area contributed by atoms with Crippen molar-refractivity contribution in [3.8, 4) is 0 Å². The molecule has 146 valence electrons. The van der Waals surface area contributed by atoms with Crippen LogP contribution in [-0.2, 0) is 4.79 Å². The molecule has 0 aliphatic carbocycles. The Hall–Kier alpha value is -0.970. The van der Waals surface area contributed by atoms with Crippen molar-refractivity contribution in [2.24, 2.45) is 5.92 Å². The van der Waals surface area contributed by atoms with Gasteiger partial charge in [-0.1, -0.05) is 18.2 Å². The average Bonchev–Trinajstić information content (AvgIpc) is 2.95. The van der Waals surface area contributed by atoms with Gasteiger partial charge in [-0.15, -0.1) is 24.8 Å². The van der Waals surface area contributed by atoms with Crippen molar-refractivity contribution in [1.29, 1.82) is 0 Å². The SMILES string of the molecule is Cl.Cl.O=C(CC1CC2CCC(C1)N2)NC1CCN(c2ccccc2)CC1. The van der Waals surface area contributed by atoms with Gasteiger partial charge in [-0.05, 0) is 56.6 Å². The minimum Gasteiger partial charge on any atom is -0.371 e. The summed E-state index contributed by atoms with van der Waals surface area (Å²) in [6.07, 6.45) is 7.83. The van der Waals surface area contributed by atoms with Crippen molar-refractivity contribution in [3.63, 3.8) is 0 Å². The Labute approximate surface area is 169 Å². The van der Waals surface area contributed by atoms with Crippen LogP contribution in [0.1, 0.15) is 44.9 Å². The third-order valence-electron chi connectivity index (χ3n) is 6.03. The number of rotatable bonds is 4. The van der Waals surface area contributed by atoms with E-state index in [1.165, 1.54) is 31.4 Å². The van der Waals surface area contributed by atoms with Crippen LogP contribution in [0.15, 0.2) is 30.3 Å². The Balaban J connectivity index is 0.00000121. The number of hydrogen-bond donors (Lipinski definition) is 2. The van der Waals surface area contributed by atoms with E-state index >= 15 is 0 Å². The van der Waals surface area contributed by atoms with Gasteiger partial charge < -0.3 is 15.5 Å². The Kier molecular flexibility index (Phi) is 8.05. The second kappa shape index (κ2) is 9.82. The van der Waals surface area contributed by atoms with Gasteiger partial charge >= 0.3 is 0 Å². The third-order valence-corrected chi connectivity index (χ3v) is 6.03. The second-order valence-electron chi connectivity index (χ2n) is 7.84. The summed E-state index contributed by atoms with van der Waals surface area (Å²) in [6, 6.07) is 12.3. The van der Waals surface area contributed by atoms with Crippen molar-refractivity contribution in [2.45, 2.75) is 63.1 Å². The number of carbonyl (C=O) groups excluding carboxylic acids is 1. The third kappa shape index (κ3) is 5.28. The highest BCUT2D eigenvalue weighted by atomic mass is 35.5. The lowest BCUT2D eigenvalue weighted by Crippen LogP contribution is -2.46. The molecule has 2 bridgehead atoms. The number of nitrogens with zero attached hydrogens (tertiary/aromatic N) is 1. The monoisotopic (exact) mass is 399 g/mol. The number of fused-ring (bicyclic) bond motifs is 2. The maximum absolute atomic E-state index is 12.4. The Morgan fingerprint density at radius 3 is 2.23 bits per heavy atom. The Morgan fingerprint density at radius 2 is 1.62 bits per heavy atom. The molecular weight excluding hydrogens is 369 g/mol. The standard InChI is InChI=1S/C20H29N3O.2ClH/c24-20(14-15-12-17-6-7-18(13-15)21-17)22-16-8-10-23(11-9-16)19-4-2-1-3-5-19;;/h1-5,15-18,21H,6-14H2,(H,22,24);2*1H. The summed E-state index contributed by atoms with van der Waals surface area (Å²) in [5.41, 5.74) is 1.30. The lowest BCUT2D eigenvalue weighted by Gasteiger charge is -2.34. The topological polar surface area (TPSA) is 44.4 Å². The maximum atomic E-state index is 12.4. The Bertz CT molecular complexity index is 551. The molecule has 3 fully saturated rings. The molecule has 0 spiro atoms. The first-order valence-electron chi connectivity index (χ1n) is 9.61. The largest absolute Gasteiger partial charge is 0.371 e. The molecule has 4 nitrogen and oxygen atoms in total. The highest BCUT2D eigenvalue weighted by Gasteiger charge is 2.34. The predicted octanol–water partition coefficient (Wildman–Crippen LogP) is 3.54. The minimum atomic E-state index is 0. The van der Waals surface area contributed by atoms with E-state index in [1.807, 2.05) is 0 Å². The number of para-hydroxylation sites is 1. The number of carbonyl (C=O) groups is 1. The molecule has 1 amide bonds. The number of amides is 1. The average molecular weight is 400 g/mol. The van der Waals surface area contributed by atoms with E-state index in [0.717, 1.165) is 32.4 Å². The molecule has 1 aromatic carbocycles. The van der Waals surface area contributed by atoms with E-state index in [4.69, 9.17) is 0 Å². The molecule has 6 heteroatoms. The molecule has 3 aliphatic heterocycles. The molecule has 1 aromatic rings. The zero-order chi connectivity index (χ0) is 16.4. The fourth-order valence-electron chi connectivity index (χ4n) is 4.81. The van der Waals surface area contributed by atoms with E-state index in [0.29, 0.717) is 24.0 Å². The minimum absolute atomic E-state index is 0. The second-order valence-corrected chi connectivity index (χ2v) is 7.84. The highest BCUT2D eigenvalue weighted by molar-refractivity contribution is 5.85. The van der Waals surface area contributed by atoms with Gasteiger partial charge in [-0.3, -0.25) is 4.79 Å². The lowest BCUT2D eigenvalue weighted by molar-refractivity contribution is -0.123. The molecule has 2 atom stereocenters. The summed E-state index contributed by atoms with van der Waals surface area (Å²) < 4.78 is 0. The summed E-state index contributed by atoms with van der Waals surface area (Å²) in [4.78, 5) is 14.8. The van der Waals surface area contributed by atoms with Crippen molar-refractivity contribution in [3.05, 3.63) is 30.3 Å². The number of piperidine rings is 2. The molecule has 3 aliphatic rings. The number of benzene rings is 1. The Morgan fingerprint density at radius 1 is 1.00 bits per heavy atom. The predicted molar refractivity (Wildman–Crippen MR) is 112 cm³/mol. The van der Waals surface area contributed by atoms with Gasteiger partial charge in [0.25, 0.3) is 0 Å². The van der Waals surface area contributed by atoms with Crippen LogP contribution < -0.4 is 15.5 Å². The molecule has 26 heavy (non-hydrogen) atoms. The molecule has 2 unspecified atom stereocenters. The highest BCUT2D eigenvalue weighted by Crippen LogP contribution is 2.32. The molecule has 3 saturated heterocycles. The van der Waals surface area contributed by atoms with E-state index in [9.17, 15) is 4.79 Å². The van der Waals surface area contributed by atoms with Gasteiger partial charge in [0.2, 0.25) is 5.91 Å². The molecule has 0 saturated carbocycles. The summed E-state index contributed by atoms with van der Waals surface area (Å²) in [7, 11) is 0. The smallest absolute Gasteiger partial charge is 0.220 e. The number of nitrogens with one attached hydrogen (secondary N) is 2. The summed E-state index contributed by atoms with van der Waals surface area (Å²) in [5, 5.41) is 6.96. The van der Waals surface area contributed by atoms with Gasteiger partial charge in [-0.25, -0.2) is 0 Å². The van der Waals surface area contributed by atoms with Crippen molar-refractivity contribution < 1.29 is 4.79 Å². The van der Waals surface area contributed by atoms with Gasteiger partial charge in [0.05, 0.1) is 0 Å². The maximum Gasteiger partial charge on any atom is 0.220 e. The number of halogens is 2. The summed E-state index contributed by atoms with van der Waals surface area (Å²) >= 11 is 0. The van der Waals surface area contributed by atoms with Gasteiger partial charge in [0, 0.05) is 43.3 Å².